The first-order valence-electron chi connectivity index (χ1n) is 8.70. The molecule has 4 rings (SSSR count). The number of guanidine groups is 1. The molecular weight excluding hydrogens is 342 g/mol. The van der Waals surface area contributed by atoms with Gasteiger partial charge in [0.25, 0.3) is 11.9 Å². The van der Waals surface area contributed by atoms with Gasteiger partial charge in [0.1, 0.15) is 11.8 Å². The van der Waals surface area contributed by atoms with Crippen molar-refractivity contribution in [2.75, 3.05) is 12.4 Å². The summed E-state index contributed by atoms with van der Waals surface area (Å²) >= 11 is 0. The first-order chi connectivity index (χ1) is 13.1. The van der Waals surface area contributed by atoms with Crippen LogP contribution in [0.4, 0.5) is 5.95 Å². The summed E-state index contributed by atoms with van der Waals surface area (Å²) in [7, 11) is 1.62. The maximum atomic E-state index is 12.1. The van der Waals surface area contributed by atoms with E-state index in [1.807, 2.05) is 55.5 Å². The van der Waals surface area contributed by atoms with Gasteiger partial charge < -0.3 is 4.74 Å². The summed E-state index contributed by atoms with van der Waals surface area (Å²) in [5.74, 6) is 1.54. The zero-order valence-electron chi connectivity index (χ0n) is 15.1. The van der Waals surface area contributed by atoms with Crippen molar-refractivity contribution in [3.63, 3.8) is 0 Å². The summed E-state index contributed by atoms with van der Waals surface area (Å²) in [6.45, 7) is 1.92. The Morgan fingerprint density at radius 1 is 1.19 bits per heavy atom. The number of nitrogens with zero attached hydrogens (tertiary/aromatic N) is 2. The second kappa shape index (κ2) is 7.03. The SMILES string of the molecule is COc1ccc2c(C)nc(NC3=[NH+][C@@H](c4ccccc4)CC(=O)N3)nc2c1. The molecule has 2 aromatic carbocycles. The van der Waals surface area contributed by atoms with Gasteiger partial charge in [-0.2, -0.15) is 4.98 Å². The van der Waals surface area contributed by atoms with Crippen LogP contribution in [0.15, 0.2) is 48.5 Å². The van der Waals surface area contributed by atoms with Crippen molar-refractivity contribution in [3.05, 3.63) is 59.8 Å². The standard InChI is InChI=1S/C20H19N5O2/c1-12-15-9-8-14(27-2)10-17(15)23-19(21-12)25-20-22-16(11-18(26)24-20)13-6-4-3-5-7-13/h3-10,16H,11H2,1-2H3,(H2,21,22,23,24,25,26)/p+1/t16-/m1/s1. The van der Waals surface area contributed by atoms with E-state index in [1.165, 1.54) is 0 Å². The van der Waals surface area contributed by atoms with E-state index >= 15 is 0 Å². The predicted octanol–water partition coefficient (Wildman–Crippen LogP) is 1.06. The lowest BCUT2D eigenvalue weighted by molar-refractivity contribution is -0.513. The van der Waals surface area contributed by atoms with Gasteiger partial charge in [-0.25, -0.2) is 15.6 Å². The van der Waals surface area contributed by atoms with Gasteiger partial charge in [0.15, 0.2) is 0 Å². The van der Waals surface area contributed by atoms with Crippen LogP contribution in [0.2, 0.25) is 0 Å². The molecule has 0 aliphatic carbocycles. The quantitative estimate of drug-likeness (QED) is 0.648. The van der Waals surface area contributed by atoms with E-state index in [0.717, 1.165) is 27.9 Å². The highest BCUT2D eigenvalue weighted by Crippen LogP contribution is 2.22. The number of aryl methyl sites for hydroxylation is 1. The van der Waals surface area contributed by atoms with Crippen LogP contribution in [-0.2, 0) is 4.79 Å². The monoisotopic (exact) mass is 362 g/mol. The number of fused-ring (bicyclic) bond motifs is 1. The fourth-order valence-corrected chi connectivity index (χ4v) is 3.15. The van der Waals surface area contributed by atoms with Crippen LogP contribution in [0, 0.1) is 6.92 Å². The zero-order chi connectivity index (χ0) is 18.8. The molecule has 0 radical (unpaired) electrons. The number of carbonyl (C=O) groups excluding carboxylic acids is 1. The van der Waals surface area contributed by atoms with Crippen LogP contribution >= 0.6 is 0 Å². The Labute approximate surface area is 156 Å². The Morgan fingerprint density at radius 3 is 2.78 bits per heavy atom. The van der Waals surface area contributed by atoms with Crippen LogP contribution < -0.4 is 20.4 Å². The van der Waals surface area contributed by atoms with Crippen LogP contribution in [0.25, 0.3) is 10.9 Å². The normalized spacial score (nSPS) is 16.6. The highest BCUT2D eigenvalue weighted by Gasteiger charge is 2.27. The van der Waals surface area contributed by atoms with Crippen molar-refractivity contribution >= 4 is 28.7 Å². The topological polar surface area (TPSA) is 90.1 Å². The van der Waals surface area contributed by atoms with Crippen molar-refractivity contribution in [1.82, 2.24) is 15.3 Å². The number of methoxy groups -OCH3 is 1. The first-order valence-corrected chi connectivity index (χ1v) is 8.70. The number of aromatic nitrogens is 2. The third-order valence-electron chi connectivity index (χ3n) is 4.51. The van der Waals surface area contributed by atoms with Crippen molar-refractivity contribution in [3.8, 4) is 5.75 Å². The van der Waals surface area contributed by atoms with Gasteiger partial charge in [-0.05, 0) is 24.6 Å². The molecule has 1 amide bonds. The summed E-state index contributed by atoms with van der Waals surface area (Å²) in [4.78, 5) is 24.5. The lowest BCUT2D eigenvalue weighted by Gasteiger charge is -2.17. The molecule has 1 aliphatic heterocycles. The number of carbonyl (C=O) groups is 1. The molecule has 7 heteroatoms. The van der Waals surface area contributed by atoms with Gasteiger partial charge in [0.2, 0.25) is 0 Å². The molecule has 1 aliphatic rings. The number of anilines is 1. The number of nitrogens with one attached hydrogen (secondary N) is 3. The number of ether oxygens (including phenoxy) is 1. The smallest absolute Gasteiger partial charge is 0.358 e. The van der Waals surface area contributed by atoms with Crippen LogP contribution in [0.3, 0.4) is 0 Å². The number of hydrogen-bond acceptors (Lipinski definition) is 5. The van der Waals surface area contributed by atoms with Crippen LogP contribution in [0.5, 0.6) is 5.75 Å². The van der Waals surface area contributed by atoms with Crippen molar-refractivity contribution in [2.24, 2.45) is 0 Å². The molecule has 27 heavy (non-hydrogen) atoms. The largest absolute Gasteiger partial charge is 0.497 e. The van der Waals surface area contributed by atoms with Gasteiger partial charge in [0.05, 0.1) is 24.7 Å². The fraction of sp³-hybridized carbons (Fsp3) is 0.200. The van der Waals surface area contributed by atoms with E-state index in [1.54, 1.807) is 7.11 Å². The average molecular weight is 362 g/mol. The molecule has 3 N–H and O–H groups in total. The number of amides is 1. The molecule has 1 atom stereocenters. The molecule has 0 spiro atoms. The Hall–Kier alpha value is -3.48. The Kier molecular flexibility index (Phi) is 4.42. The van der Waals surface area contributed by atoms with Crippen molar-refractivity contribution in [2.45, 2.75) is 19.4 Å². The molecule has 0 saturated heterocycles. The molecular formula is C20H20N5O2+. The first kappa shape index (κ1) is 17.0. The number of hydrogen-bond donors (Lipinski definition) is 3. The fourth-order valence-electron chi connectivity index (χ4n) is 3.15. The average Bonchev–Trinajstić information content (AvgIpc) is 2.67. The Morgan fingerprint density at radius 2 is 2.00 bits per heavy atom. The zero-order valence-corrected chi connectivity index (χ0v) is 15.1. The van der Waals surface area contributed by atoms with Crippen LogP contribution in [-0.4, -0.2) is 28.9 Å². The molecule has 1 aromatic heterocycles. The molecule has 7 nitrogen and oxygen atoms in total. The van der Waals surface area contributed by atoms with Gasteiger partial charge in [-0.1, -0.05) is 30.3 Å². The molecule has 2 heterocycles. The van der Waals surface area contributed by atoms with Crippen molar-refractivity contribution in [1.29, 1.82) is 0 Å². The highest BCUT2D eigenvalue weighted by atomic mass is 16.5. The van der Waals surface area contributed by atoms with Gasteiger partial charge in [0, 0.05) is 11.5 Å². The highest BCUT2D eigenvalue weighted by molar-refractivity contribution is 6.01. The maximum Gasteiger partial charge on any atom is 0.358 e. The third-order valence-corrected chi connectivity index (χ3v) is 4.51. The number of rotatable bonds is 3. The minimum Gasteiger partial charge on any atom is -0.497 e. The number of benzene rings is 2. The van der Waals surface area contributed by atoms with E-state index in [9.17, 15) is 4.79 Å². The summed E-state index contributed by atoms with van der Waals surface area (Å²) < 4.78 is 5.27. The summed E-state index contributed by atoms with van der Waals surface area (Å²) in [6, 6.07) is 15.4. The molecule has 3 aromatic rings. The summed E-state index contributed by atoms with van der Waals surface area (Å²) in [5.41, 5.74) is 2.66. The molecule has 0 bridgehead atoms. The molecule has 0 saturated carbocycles. The predicted molar refractivity (Wildman–Crippen MR) is 102 cm³/mol. The molecule has 0 fully saturated rings. The molecule has 0 unspecified atom stereocenters. The summed E-state index contributed by atoms with van der Waals surface area (Å²) in [5, 5.41) is 6.85. The minimum absolute atomic E-state index is 0.0655. The second-order valence-electron chi connectivity index (χ2n) is 6.38. The van der Waals surface area contributed by atoms with E-state index in [-0.39, 0.29) is 11.9 Å². The van der Waals surface area contributed by atoms with Gasteiger partial charge in [-0.3, -0.25) is 9.79 Å². The van der Waals surface area contributed by atoms with E-state index < -0.39 is 0 Å². The third kappa shape index (κ3) is 3.57. The Bertz CT molecular complexity index is 1030. The second-order valence-corrected chi connectivity index (χ2v) is 6.38. The summed E-state index contributed by atoms with van der Waals surface area (Å²) in [6.07, 6.45) is 0.365. The van der Waals surface area contributed by atoms with Crippen molar-refractivity contribution < 1.29 is 14.5 Å². The van der Waals surface area contributed by atoms with Crippen LogP contribution in [0.1, 0.15) is 23.7 Å². The Balaban J connectivity index is 1.66. The lowest BCUT2D eigenvalue weighted by atomic mass is 10.0. The van der Waals surface area contributed by atoms with Gasteiger partial charge >= 0.3 is 5.96 Å². The lowest BCUT2D eigenvalue weighted by Crippen LogP contribution is -2.82. The van der Waals surface area contributed by atoms with Gasteiger partial charge in [-0.15, -0.1) is 0 Å². The van der Waals surface area contributed by atoms with E-state index in [2.05, 4.69) is 25.6 Å². The minimum atomic E-state index is -0.107. The van der Waals surface area contributed by atoms with E-state index in [4.69, 9.17) is 4.74 Å². The maximum absolute atomic E-state index is 12.1. The van der Waals surface area contributed by atoms with E-state index in [0.29, 0.717) is 18.3 Å². The molecule has 136 valence electrons.